The van der Waals surface area contributed by atoms with Crippen molar-refractivity contribution in [3.05, 3.63) is 89.8 Å². The largest absolute Gasteiger partial charge is 0.478 e. The number of ketones is 1. The van der Waals surface area contributed by atoms with Crippen molar-refractivity contribution < 1.29 is 19.4 Å². The van der Waals surface area contributed by atoms with Crippen LogP contribution in [-0.2, 0) is 11.3 Å². The lowest BCUT2D eigenvalue weighted by atomic mass is 10.1. The Morgan fingerprint density at radius 2 is 1.76 bits per heavy atom. The highest BCUT2D eigenvalue weighted by Gasteiger charge is 2.26. The van der Waals surface area contributed by atoms with Crippen molar-refractivity contribution in [2.45, 2.75) is 16.5 Å². The van der Waals surface area contributed by atoms with Gasteiger partial charge in [0.1, 0.15) is 11.8 Å². The number of hydrogen-bond donors (Lipinski definition) is 1. The van der Waals surface area contributed by atoms with Crippen LogP contribution in [0, 0.1) is 0 Å². The predicted octanol–water partition coefficient (Wildman–Crippen LogP) is 3.86. The molecule has 0 amide bonds. The highest BCUT2D eigenvalue weighted by Crippen LogP contribution is 2.46. The number of benzene rings is 2. The number of hydrogen-bond acceptors (Lipinski definition) is 8. The van der Waals surface area contributed by atoms with Crippen molar-refractivity contribution in [3.8, 4) is 0 Å². The molecule has 9 nitrogen and oxygen atoms in total. The molecule has 2 aromatic carbocycles. The van der Waals surface area contributed by atoms with E-state index in [1.54, 1.807) is 48.2 Å². The maximum absolute atomic E-state index is 13.0. The summed E-state index contributed by atoms with van der Waals surface area (Å²) in [7, 11) is 1.63. The minimum absolute atomic E-state index is 0.124. The molecule has 0 bridgehead atoms. The molecule has 0 unspecified atom stereocenters. The van der Waals surface area contributed by atoms with Crippen LogP contribution in [0.2, 0.25) is 0 Å². The standard InChI is InChI=1S/C24H19N5O4S/c1-33-14-29-18-12-15(2-7-19(18)34-23-22(29)25-8-9-27-23)13-28-11-10-26-21(28)20(30)16-3-5-17(6-4-16)24(31)32/h2-12H,13-14H2,1H3,(H,31,32). The van der Waals surface area contributed by atoms with Gasteiger partial charge in [-0.25, -0.2) is 19.7 Å². The van der Waals surface area contributed by atoms with Gasteiger partial charge in [-0.15, -0.1) is 0 Å². The van der Waals surface area contributed by atoms with Gasteiger partial charge in [-0.2, -0.15) is 0 Å². The number of carboxylic acids is 1. The van der Waals surface area contributed by atoms with E-state index in [4.69, 9.17) is 9.84 Å². The molecule has 34 heavy (non-hydrogen) atoms. The molecule has 0 aliphatic carbocycles. The van der Waals surface area contributed by atoms with Gasteiger partial charge in [0.25, 0.3) is 0 Å². The van der Waals surface area contributed by atoms with Gasteiger partial charge in [-0.1, -0.05) is 30.0 Å². The van der Waals surface area contributed by atoms with Crippen LogP contribution in [0.1, 0.15) is 32.1 Å². The molecule has 1 N–H and O–H groups in total. The zero-order chi connectivity index (χ0) is 23.7. The Labute approximate surface area is 199 Å². The fraction of sp³-hybridized carbons (Fsp3) is 0.125. The molecule has 0 saturated heterocycles. The average Bonchev–Trinajstić information content (AvgIpc) is 3.32. The molecule has 3 heterocycles. The van der Waals surface area contributed by atoms with Crippen molar-refractivity contribution in [1.82, 2.24) is 19.5 Å². The molecule has 0 fully saturated rings. The first-order valence-corrected chi connectivity index (χ1v) is 11.1. The smallest absolute Gasteiger partial charge is 0.335 e. The van der Waals surface area contributed by atoms with Crippen LogP contribution in [0.25, 0.3) is 0 Å². The van der Waals surface area contributed by atoms with Crippen LogP contribution in [0.3, 0.4) is 0 Å². The monoisotopic (exact) mass is 473 g/mol. The number of imidazole rings is 1. The lowest BCUT2D eigenvalue weighted by Gasteiger charge is -2.30. The molecular weight excluding hydrogens is 454 g/mol. The fourth-order valence-electron chi connectivity index (χ4n) is 3.75. The minimum atomic E-state index is -1.04. The first-order valence-electron chi connectivity index (χ1n) is 10.3. The highest BCUT2D eigenvalue weighted by molar-refractivity contribution is 7.99. The van der Waals surface area contributed by atoms with Crippen molar-refractivity contribution in [2.24, 2.45) is 0 Å². The molecule has 4 aromatic rings. The van der Waals surface area contributed by atoms with Crippen molar-refractivity contribution in [2.75, 3.05) is 18.7 Å². The number of methoxy groups -OCH3 is 1. The Morgan fingerprint density at radius 3 is 2.53 bits per heavy atom. The third-order valence-electron chi connectivity index (χ3n) is 5.35. The fourth-order valence-corrected chi connectivity index (χ4v) is 4.73. The highest BCUT2D eigenvalue weighted by atomic mass is 32.2. The Kier molecular flexibility index (Phi) is 5.83. The SMILES string of the molecule is COCN1c2cc(Cn3ccnc3C(=O)c3ccc(C(=O)O)cc3)ccc2Sc2nccnc21. The number of carbonyl (C=O) groups is 2. The zero-order valence-corrected chi connectivity index (χ0v) is 18.9. The third kappa shape index (κ3) is 4.04. The van der Waals surface area contributed by atoms with Gasteiger partial charge in [0.2, 0.25) is 5.78 Å². The van der Waals surface area contributed by atoms with Crippen LogP contribution >= 0.6 is 11.8 Å². The van der Waals surface area contributed by atoms with Crippen molar-refractivity contribution in [3.63, 3.8) is 0 Å². The van der Waals surface area contributed by atoms with E-state index in [9.17, 15) is 9.59 Å². The summed E-state index contributed by atoms with van der Waals surface area (Å²) in [6.07, 6.45) is 6.66. The number of aromatic carboxylic acids is 1. The number of rotatable bonds is 7. The number of aromatic nitrogens is 4. The van der Waals surface area contributed by atoms with Gasteiger partial charge in [0.15, 0.2) is 11.6 Å². The summed E-state index contributed by atoms with van der Waals surface area (Å²) in [6.45, 7) is 0.754. The molecule has 0 spiro atoms. The van der Waals surface area contributed by atoms with Gasteiger partial charge in [0.05, 0.1) is 11.3 Å². The number of fused-ring (bicyclic) bond motifs is 2. The van der Waals surface area contributed by atoms with Gasteiger partial charge in [-0.05, 0) is 29.8 Å². The second-order valence-electron chi connectivity index (χ2n) is 7.53. The lowest BCUT2D eigenvalue weighted by Crippen LogP contribution is -2.24. The summed E-state index contributed by atoms with van der Waals surface area (Å²) < 4.78 is 7.19. The van der Waals surface area contributed by atoms with E-state index in [1.165, 1.54) is 24.3 Å². The van der Waals surface area contributed by atoms with E-state index in [-0.39, 0.29) is 17.2 Å². The molecular formula is C24H19N5O4S. The first kappa shape index (κ1) is 21.8. The van der Waals surface area contributed by atoms with E-state index in [1.807, 2.05) is 17.0 Å². The van der Waals surface area contributed by atoms with E-state index >= 15 is 0 Å². The average molecular weight is 474 g/mol. The Bertz CT molecular complexity index is 1390. The molecule has 10 heteroatoms. The lowest BCUT2D eigenvalue weighted by molar-refractivity contribution is 0.0696. The number of anilines is 2. The number of carbonyl (C=O) groups excluding carboxylic acids is 1. The van der Waals surface area contributed by atoms with Crippen LogP contribution in [0.5, 0.6) is 0 Å². The predicted molar refractivity (Wildman–Crippen MR) is 125 cm³/mol. The summed E-state index contributed by atoms with van der Waals surface area (Å²) in [5, 5.41) is 9.89. The van der Waals surface area contributed by atoms with Crippen LogP contribution in [0.4, 0.5) is 11.5 Å². The molecule has 170 valence electrons. The van der Waals surface area contributed by atoms with Crippen LogP contribution in [-0.4, -0.2) is 50.2 Å². The zero-order valence-electron chi connectivity index (χ0n) is 18.1. The maximum atomic E-state index is 13.0. The van der Waals surface area contributed by atoms with E-state index in [0.29, 0.717) is 18.8 Å². The van der Waals surface area contributed by atoms with Crippen molar-refractivity contribution in [1.29, 1.82) is 0 Å². The Hall–Kier alpha value is -4.02. The molecule has 0 saturated carbocycles. The van der Waals surface area contributed by atoms with E-state index < -0.39 is 5.97 Å². The number of ether oxygens (including phenoxy) is 1. The van der Waals surface area contributed by atoms with Crippen molar-refractivity contribution >= 4 is 35.0 Å². The second kappa shape index (κ2) is 9.08. The van der Waals surface area contributed by atoms with Crippen LogP contribution in [0.15, 0.2) is 77.2 Å². The summed E-state index contributed by atoms with van der Waals surface area (Å²) in [6, 6.07) is 11.9. The normalized spacial score (nSPS) is 12.2. The molecule has 0 atom stereocenters. The summed E-state index contributed by atoms with van der Waals surface area (Å²) in [4.78, 5) is 40.3. The summed E-state index contributed by atoms with van der Waals surface area (Å²) in [5.74, 6) is -0.301. The molecule has 5 rings (SSSR count). The number of nitrogens with zero attached hydrogens (tertiary/aromatic N) is 5. The molecule has 2 aromatic heterocycles. The summed E-state index contributed by atoms with van der Waals surface area (Å²) in [5.41, 5.74) is 2.43. The van der Waals surface area contributed by atoms with Crippen LogP contribution < -0.4 is 4.90 Å². The van der Waals surface area contributed by atoms with E-state index in [2.05, 4.69) is 21.0 Å². The van der Waals surface area contributed by atoms with Gasteiger partial charge in [-0.3, -0.25) is 9.69 Å². The first-order chi connectivity index (χ1) is 16.5. The van der Waals surface area contributed by atoms with Gasteiger partial charge < -0.3 is 14.4 Å². The quantitative estimate of drug-likeness (QED) is 0.400. The number of carboxylic acid groups (broad SMARTS) is 1. The second-order valence-corrected chi connectivity index (χ2v) is 8.56. The minimum Gasteiger partial charge on any atom is -0.478 e. The van der Waals surface area contributed by atoms with E-state index in [0.717, 1.165) is 27.0 Å². The molecule has 1 aliphatic heterocycles. The summed E-state index contributed by atoms with van der Waals surface area (Å²) >= 11 is 1.55. The molecule has 0 radical (unpaired) electrons. The topological polar surface area (TPSA) is 110 Å². The van der Waals surface area contributed by atoms with Gasteiger partial charge in [0, 0.05) is 48.9 Å². The van der Waals surface area contributed by atoms with Gasteiger partial charge >= 0.3 is 5.97 Å². The Balaban J connectivity index is 1.43. The Morgan fingerprint density at radius 1 is 1.00 bits per heavy atom. The maximum Gasteiger partial charge on any atom is 0.335 e. The molecule has 1 aliphatic rings. The third-order valence-corrected chi connectivity index (χ3v) is 6.39.